The number of hydrogen-bond acceptors (Lipinski definition) is 4. The number of nitrogens with zero attached hydrogens (tertiary/aromatic N) is 1. The Morgan fingerprint density at radius 1 is 1.50 bits per heavy atom. The minimum Gasteiger partial charge on any atom is -0.479 e. The fourth-order valence-electron chi connectivity index (χ4n) is 2.35. The standard InChI is InChI=1S/C13H20N2O5/c1-20-10(13(18)19)5-14-12(17)9-4-11(16)15(7-9)6-8-2-3-8/h8-10H,2-7H2,1H3,(H,14,17)(H,18,19). The molecule has 2 rings (SSSR count). The lowest BCUT2D eigenvalue weighted by Gasteiger charge is -2.16. The van der Waals surface area contributed by atoms with Crippen LogP contribution in [0.3, 0.4) is 0 Å². The first-order valence-electron chi connectivity index (χ1n) is 6.82. The normalized spacial score (nSPS) is 23.8. The van der Waals surface area contributed by atoms with Crippen molar-refractivity contribution in [3.8, 4) is 0 Å². The van der Waals surface area contributed by atoms with E-state index in [4.69, 9.17) is 9.84 Å². The Hall–Kier alpha value is -1.63. The van der Waals surface area contributed by atoms with Crippen molar-refractivity contribution in [2.45, 2.75) is 25.4 Å². The van der Waals surface area contributed by atoms with E-state index in [2.05, 4.69) is 5.32 Å². The lowest BCUT2D eigenvalue weighted by molar-refractivity contribution is -0.148. The van der Waals surface area contributed by atoms with E-state index in [1.165, 1.54) is 7.11 Å². The molecule has 2 N–H and O–H groups in total. The maximum Gasteiger partial charge on any atom is 0.334 e. The first-order chi connectivity index (χ1) is 9.51. The van der Waals surface area contributed by atoms with Gasteiger partial charge in [-0.15, -0.1) is 0 Å². The van der Waals surface area contributed by atoms with Gasteiger partial charge in [-0.2, -0.15) is 0 Å². The largest absolute Gasteiger partial charge is 0.479 e. The van der Waals surface area contributed by atoms with E-state index in [1.54, 1.807) is 4.90 Å². The minimum atomic E-state index is -1.12. The highest BCUT2D eigenvalue weighted by atomic mass is 16.5. The first-order valence-corrected chi connectivity index (χ1v) is 6.82. The van der Waals surface area contributed by atoms with Crippen molar-refractivity contribution in [3.63, 3.8) is 0 Å². The summed E-state index contributed by atoms with van der Waals surface area (Å²) in [6.45, 7) is 1.10. The molecule has 0 spiro atoms. The molecule has 1 saturated carbocycles. The van der Waals surface area contributed by atoms with Crippen molar-refractivity contribution in [2.24, 2.45) is 11.8 Å². The number of carboxylic acids is 1. The van der Waals surface area contributed by atoms with Crippen LogP contribution >= 0.6 is 0 Å². The third-order valence-corrected chi connectivity index (χ3v) is 3.78. The van der Waals surface area contributed by atoms with Crippen molar-refractivity contribution >= 4 is 17.8 Å². The summed E-state index contributed by atoms with van der Waals surface area (Å²) in [4.78, 5) is 36.2. The smallest absolute Gasteiger partial charge is 0.334 e. The number of amides is 2. The predicted molar refractivity (Wildman–Crippen MR) is 68.9 cm³/mol. The summed E-state index contributed by atoms with van der Waals surface area (Å²) in [7, 11) is 1.28. The number of carboxylic acid groups (broad SMARTS) is 1. The van der Waals surface area contributed by atoms with Crippen LogP contribution in [0, 0.1) is 11.8 Å². The molecule has 0 aromatic heterocycles. The van der Waals surface area contributed by atoms with Gasteiger partial charge in [0, 0.05) is 26.6 Å². The summed E-state index contributed by atoms with van der Waals surface area (Å²) in [5, 5.41) is 11.3. The number of rotatable bonds is 7. The van der Waals surface area contributed by atoms with Crippen LogP contribution in [0.25, 0.3) is 0 Å². The number of methoxy groups -OCH3 is 1. The molecule has 2 aliphatic rings. The Balaban J connectivity index is 1.78. The van der Waals surface area contributed by atoms with Gasteiger partial charge in [0.1, 0.15) is 0 Å². The highest BCUT2D eigenvalue weighted by molar-refractivity contribution is 5.89. The van der Waals surface area contributed by atoms with Gasteiger partial charge in [0.25, 0.3) is 0 Å². The zero-order valence-corrected chi connectivity index (χ0v) is 11.5. The van der Waals surface area contributed by atoms with Gasteiger partial charge in [-0.1, -0.05) is 0 Å². The number of likely N-dealkylation sites (tertiary alicyclic amines) is 1. The van der Waals surface area contributed by atoms with Crippen LogP contribution in [-0.2, 0) is 19.1 Å². The molecule has 1 heterocycles. The molecule has 2 fully saturated rings. The molecule has 1 aliphatic heterocycles. The maximum atomic E-state index is 11.9. The van der Waals surface area contributed by atoms with E-state index in [-0.39, 0.29) is 30.7 Å². The molecule has 0 aromatic rings. The first kappa shape index (κ1) is 14.8. The number of aliphatic carboxylic acids is 1. The fourth-order valence-corrected chi connectivity index (χ4v) is 2.35. The average molecular weight is 284 g/mol. The fraction of sp³-hybridized carbons (Fsp3) is 0.769. The zero-order valence-electron chi connectivity index (χ0n) is 11.5. The van der Waals surface area contributed by atoms with Gasteiger partial charge >= 0.3 is 5.97 Å². The molecule has 20 heavy (non-hydrogen) atoms. The van der Waals surface area contributed by atoms with Crippen molar-refractivity contribution in [1.29, 1.82) is 0 Å². The highest BCUT2D eigenvalue weighted by Gasteiger charge is 2.37. The lowest BCUT2D eigenvalue weighted by Crippen LogP contribution is -2.41. The Labute approximate surface area is 117 Å². The van der Waals surface area contributed by atoms with E-state index in [1.807, 2.05) is 0 Å². The second kappa shape index (κ2) is 6.21. The lowest BCUT2D eigenvalue weighted by atomic mass is 10.1. The summed E-state index contributed by atoms with van der Waals surface area (Å²) >= 11 is 0. The minimum absolute atomic E-state index is 0.0126. The maximum absolute atomic E-state index is 11.9. The van der Waals surface area contributed by atoms with Crippen LogP contribution < -0.4 is 5.32 Å². The molecule has 112 valence electrons. The summed E-state index contributed by atoms with van der Waals surface area (Å²) in [6, 6.07) is 0. The molecule has 7 nitrogen and oxygen atoms in total. The van der Waals surface area contributed by atoms with Crippen molar-refractivity contribution in [2.75, 3.05) is 26.7 Å². The van der Waals surface area contributed by atoms with Crippen LogP contribution in [-0.4, -0.2) is 60.6 Å². The Morgan fingerprint density at radius 3 is 2.75 bits per heavy atom. The van der Waals surface area contributed by atoms with Gasteiger partial charge in [0.05, 0.1) is 12.5 Å². The SMILES string of the molecule is COC(CNC(=O)C1CC(=O)N(CC2CC2)C1)C(=O)O. The number of carbonyl (C=O) groups is 3. The van der Waals surface area contributed by atoms with E-state index in [9.17, 15) is 14.4 Å². The highest BCUT2D eigenvalue weighted by Crippen LogP contribution is 2.31. The van der Waals surface area contributed by atoms with Crippen LogP contribution in [0.2, 0.25) is 0 Å². The Kier molecular flexibility index (Phi) is 4.59. The van der Waals surface area contributed by atoms with Crippen LogP contribution in [0.5, 0.6) is 0 Å². The molecule has 0 bridgehead atoms. The molecule has 1 saturated heterocycles. The average Bonchev–Trinajstić information content (AvgIpc) is 3.13. The molecule has 0 radical (unpaired) electrons. The second-order valence-electron chi connectivity index (χ2n) is 5.45. The molecular weight excluding hydrogens is 264 g/mol. The Morgan fingerprint density at radius 2 is 2.20 bits per heavy atom. The van der Waals surface area contributed by atoms with Gasteiger partial charge in [-0.3, -0.25) is 9.59 Å². The van der Waals surface area contributed by atoms with Gasteiger partial charge in [0.2, 0.25) is 11.8 Å². The third-order valence-electron chi connectivity index (χ3n) is 3.78. The third kappa shape index (κ3) is 3.69. The summed E-state index contributed by atoms with van der Waals surface area (Å²) < 4.78 is 4.74. The van der Waals surface area contributed by atoms with Gasteiger partial charge in [-0.25, -0.2) is 4.79 Å². The molecule has 2 amide bonds. The second-order valence-corrected chi connectivity index (χ2v) is 5.45. The van der Waals surface area contributed by atoms with E-state index in [0.717, 1.165) is 19.4 Å². The zero-order chi connectivity index (χ0) is 14.7. The summed E-state index contributed by atoms with van der Waals surface area (Å²) in [6.07, 6.45) is 1.48. The van der Waals surface area contributed by atoms with Crippen LogP contribution in [0.15, 0.2) is 0 Å². The number of carbonyl (C=O) groups excluding carboxylic acids is 2. The quantitative estimate of drug-likeness (QED) is 0.654. The molecule has 2 unspecified atom stereocenters. The summed E-state index contributed by atoms with van der Waals surface area (Å²) in [5.41, 5.74) is 0. The van der Waals surface area contributed by atoms with Crippen LogP contribution in [0.1, 0.15) is 19.3 Å². The number of ether oxygens (including phenoxy) is 1. The number of hydrogen-bond donors (Lipinski definition) is 2. The van der Waals surface area contributed by atoms with Gasteiger partial charge < -0.3 is 20.1 Å². The van der Waals surface area contributed by atoms with E-state index in [0.29, 0.717) is 12.5 Å². The predicted octanol–water partition coefficient (Wildman–Crippen LogP) is -0.539. The molecule has 2 atom stereocenters. The number of nitrogens with one attached hydrogen (secondary N) is 1. The molecule has 0 aromatic carbocycles. The molecule has 1 aliphatic carbocycles. The van der Waals surface area contributed by atoms with Crippen molar-refractivity contribution in [3.05, 3.63) is 0 Å². The topological polar surface area (TPSA) is 95.9 Å². The molecular formula is C13H20N2O5. The van der Waals surface area contributed by atoms with Gasteiger partial charge in [0.15, 0.2) is 6.10 Å². The summed E-state index contributed by atoms with van der Waals surface area (Å²) in [5.74, 6) is -1.16. The Bertz CT molecular complexity index is 408. The monoisotopic (exact) mass is 284 g/mol. The van der Waals surface area contributed by atoms with Crippen LogP contribution in [0.4, 0.5) is 0 Å². The van der Waals surface area contributed by atoms with Gasteiger partial charge in [-0.05, 0) is 18.8 Å². The van der Waals surface area contributed by atoms with E-state index >= 15 is 0 Å². The van der Waals surface area contributed by atoms with Crippen molar-refractivity contribution in [1.82, 2.24) is 10.2 Å². The van der Waals surface area contributed by atoms with Crippen molar-refractivity contribution < 1.29 is 24.2 Å². The molecule has 7 heteroatoms. The van der Waals surface area contributed by atoms with E-state index < -0.39 is 12.1 Å².